The van der Waals surface area contributed by atoms with Gasteiger partial charge in [-0.2, -0.15) is 4.98 Å². The molecule has 34 heavy (non-hydrogen) atoms. The Balaban J connectivity index is 1.17. The number of aromatic nitrogens is 3. The zero-order valence-corrected chi connectivity index (χ0v) is 18.2. The number of hydrogen-bond acceptors (Lipinski definition) is 6. The van der Waals surface area contributed by atoms with Gasteiger partial charge in [0.15, 0.2) is 0 Å². The molecule has 174 valence electrons. The van der Waals surface area contributed by atoms with Gasteiger partial charge < -0.3 is 15.2 Å². The highest BCUT2D eigenvalue weighted by molar-refractivity contribution is 5.92. The summed E-state index contributed by atoms with van der Waals surface area (Å²) in [6.07, 6.45) is 1.12. The Morgan fingerprint density at radius 2 is 1.71 bits per heavy atom. The van der Waals surface area contributed by atoms with Gasteiger partial charge in [-0.1, -0.05) is 55.0 Å². The summed E-state index contributed by atoms with van der Waals surface area (Å²) in [4.78, 5) is 40.0. The molecular weight excluding hydrogens is 438 g/mol. The summed E-state index contributed by atoms with van der Waals surface area (Å²) in [5.74, 6) is -1.85. The molecule has 1 aromatic heterocycles. The number of anilines is 1. The molecule has 0 atom stereocenters. The smallest absolute Gasteiger partial charge is 0.414 e. The van der Waals surface area contributed by atoms with E-state index < -0.39 is 23.4 Å². The summed E-state index contributed by atoms with van der Waals surface area (Å²) in [6.45, 7) is 0.145. The number of aromatic amines is 1. The van der Waals surface area contributed by atoms with Gasteiger partial charge in [-0.05, 0) is 35.1 Å². The van der Waals surface area contributed by atoms with Gasteiger partial charge in [0.1, 0.15) is 6.61 Å². The third kappa shape index (κ3) is 3.87. The second-order valence-corrected chi connectivity index (χ2v) is 8.58. The molecule has 2 aromatic carbocycles. The molecule has 3 aromatic rings. The second kappa shape index (κ2) is 8.62. The van der Waals surface area contributed by atoms with E-state index in [1.54, 1.807) is 0 Å². The van der Waals surface area contributed by atoms with Gasteiger partial charge in [0.25, 0.3) is 11.9 Å². The minimum absolute atomic E-state index is 0.0109. The molecule has 0 radical (unpaired) electrons. The molecule has 0 unspecified atom stereocenters. The molecule has 10 nitrogen and oxygen atoms in total. The highest BCUT2D eigenvalue weighted by Crippen LogP contribution is 2.44. The SMILES string of the molecule is O=C(Nc1n[nH]c(C(=O)NCC2(C(=O)O)CCC2)n1)OCC1c2ccccc2-c2ccccc21. The van der Waals surface area contributed by atoms with Crippen molar-refractivity contribution in [2.75, 3.05) is 18.5 Å². The molecule has 2 amide bonds. The maximum atomic E-state index is 12.4. The van der Waals surface area contributed by atoms with Crippen LogP contribution < -0.4 is 10.6 Å². The van der Waals surface area contributed by atoms with E-state index in [2.05, 4.69) is 37.9 Å². The number of rotatable bonds is 7. The Bertz CT molecular complexity index is 1220. The summed E-state index contributed by atoms with van der Waals surface area (Å²) >= 11 is 0. The number of carboxylic acids is 1. The van der Waals surface area contributed by atoms with Crippen molar-refractivity contribution in [3.05, 3.63) is 65.5 Å². The van der Waals surface area contributed by atoms with Gasteiger partial charge in [0.2, 0.25) is 5.82 Å². The van der Waals surface area contributed by atoms with Crippen LogP contribution in [0.5, 0.6) is 0 Å². The van der Waals surface area contributed by atoms with E-state index in [0.717, 1.165) is 28.7 Å². The molecule has 1 heterocycles. The Morgan fingerprint density at radius 1 is 1.06 bits per heavy atom. The summed E-state index contributed by atoms with van der Waals surface area (Å²) in [5, 5.41) is 20.6. The quantitative estimate of drug-likeness (QED) is 0.423. The van der Waals surface area contributed by atoms with Gasteiger partial charge in [-0.25, -0.2) is 4.79 Å². The molecule has 0 bridgehead atoms. The number of carbonyl (C=O) groups excluding carboxylic acids is 2. The molecule has 0 saturated heterocycles. The fraction of sp³-hybridized carbons (Fsp3) is 0.292. The number of ether oxygens (including phenoxy) is 1. The third-order valence-corrected chi connectivity index (χ3v) is 6.61. The second-order valence-electron chi connectivity index (χ2n) is 8.58. The van der Waals surface area contributed by atoms with Crippen LogP contribution >= 0.6 is 0 Å². The Kier molecular flexibility index (Phi) is 5.48. The van der Waals surface area contributed by atoms with Crippen LogP contribution in [0.3, 0.4) is 0 Å². The molecule has 1 saturated carbocycles. The van der Waals surface area contributed by atoms with Crippen molar-refractivity contribution in [3.63, 3.8) is 0 Å². The molecule has 5 rings (SSSR count). The fourth-order valence-corrected chi connectivity index (χ4v) is 4.55. The first-order valence-corrected chi connectivity index (χ1v) is 11.0. The van der Waals surface area contributed by atoms with E-state index in [9.17, 15) is 19.5 Å². The number of H-pyrrole nitrogens is 1. The minimum Gasteiger partial charge on any atom is -0.481 e. The lowest BCUT2D eigenvalue weighted by Gasteiger charge is -2.37. The van der Waals surface area contributed by atoms with E-state index in [1.807, 2.05) is 36.4 Å². The van der Waals surface area contributed by atoms with E-state index >= 15 is 0 Å². The van der Waals surface area contributed by atoms with E-state index in [0.29, 0.717) is 12.8 Å². The summed E-state index contributed by atoms with van der Waals surface area (Å²) < 4.78 is 5.44. The number of hydrogen-bond donors (Lipinski definition) is 4. The molecule has 0 aliphatic heterocycles. The molecule has 2 aliphatic carbocycles. The van der Waals surface area contributed by atoms with Crippen LogP contribution in [-0.2, 0) is 9.53 Å². The topological polar surface area (TPSA) is 146 Å². The van der Waals surface area contributed by atoms with E-state index in [-0.39, 0.29) is 30.8 Å². The van der Waals surface area contributed by atoms with Crippen LogP contribution in [0.1, 0.15) is 46.9 Å². The Morgan fingerprint density at radius 3 is 2.29 bits per heavy atom. The lowest BCUT2D eigenvalue weighted by Crippen LogP contribution is -2.47. The van der Waals surface area contributed by atoms with Crippen LogP contribution in [0, 0.1) is 5.41 Å². The van der Waals surface area contributed by atoms with E-state index in [1.165, 1.54) is 0 Å². The van der Waals surface area contributed by atoms with Gasteiger partial charge in [0, 0.05) is 12.5 Å². The lowest BCUT2D eigenvalue weighted by atomic mass is 9.69. The zero-order chi connectivity index (χ0) is 23.7. The van der Waals surface area contributed by atoms with E-state index in [4.69, 9.17) is 4.74 Å². The monoisotopic (exact) mass is 461 g/mol. The molecule has 10 heteroatoms. The van der Waals surface area contributed by atoms with Crippen molar-refractivity contribution >= 4 is 23.9 Å². The van der Waals surface area contributed by atoms with Crippen molar-refractivity contribution < 1.29 is 24.2 Å². The number of nitrogens with zero attached hydrogens (tertiary/aromatic N) is 2. The Hall–Kier alpha value is -4.21. The first-order valence-electron chi connectivity index (χ1n) is 11.0. The van der Waals surface area contributed by atoms with Crippen LogP contribution in [0.2, 0.25) is 0 Å². The number of aliphatic carboxylic acids is 1. The van der Waals surface area contributed by atoms with Crippen LogP contribution in [0.4, 0.5) is 10.7 Å². The summed E-state index contributed by atoms with van der Waals surface area (Å²) in [6, 6.07) is 16.0. The van der Waals surface area contributed by atoms with Crippen LogP contribution in [-0.4, -0.2) is 51.4 Å². The maximum Gasteiger partial charge on any atom is 0.414 e. The predicted octanol–water partition coefficient (Wildman–Crippen LogP) is 3.15. The maximum absolute atomic E-state index is 12.4. The largest absolute Gasteiger partial charge is 0.481 e. The third-order valence-electron chi connectivity index (χ3n) is 6.61. The molecule has 0 spiro atoms. The molecule has 2 aliphatic rings. The first-order chi connectivity index (χ1) is 16.5. The number of amides is 2. The number of nitrogens with one attached hydrogen (secondary N) is 3. The minimum atomic E-state index is -0.922. The van der Waals surface area contributed by atoms with Crippen LogP contribution in [0.25, 0.3) is 11.1 Å². The normalized spacial score (nSPS) is 15.5. The molecule has 1 fully saturated rings. The van der Waals surface area contributed by atoms with Crippen molar-refractivity contribution in [3.8, 4) is 11.1 Å². The number of carbonyl (C=O) groups is 3. The average Bonchev–Trinajstić information content (AvgIpc) is 3.39. The first kappa shape index (κ1) is 21.6. The van der Waals surface area contributed by atoms with Gasteiger partial charge >= 0.3 is 12.1 Å². The fourth-order valence-electron chi connectivity index (χ4n) is 4.55. The van der Waals surface area contributed by atoms with Crippen molar-refractivity contribution in [2.24, 2.45) is 5.41 Å². The Labute approximate surface area is 194 Å². The predicted molar refractivity (Wildman–Crippen MR) is 121 cm³/mol. The molecular formula is C24H23N5O5. The number of benzene rings is 2. The van der Waals surface area contributed by atoms with Crippen molar-refractivity contribution in [1.82, 2.24) is 20.5 Å². The summed E-state index contributed by atoms with van der Waals surface area (Å²) in [7, 11) is 0. The lowest BCUT2D eigenvalue weighted by molar-refractivity contribution is -0.153. The van der Waals surface area contributed by atoms with Crippen molar-refractivity contribution in [1.29, 1.82) is 0 Å². The standard InChI is InChI=1S/C24H23N5O5/c30-20(25-13-24(21(31)32)10-5-11-24)19-26-22(29-28-19)27-23(33)34-12-18-16-8-3-1-6-14(16)15-7-2-4-9-17(15)18/h1-4,6-9,18H,5,10-13H2,(H,25,30)(H,31,32)(H2,26,27,28,29,33). The zero-order valence-electron chi connectivity index (χ0n) is 18.2. The highest BCUT2D eigenvalue weighted by atomic mass is 16.5. The molecule has 4 N–H and O–H groups in total. The highest BCUT2D eigenvalue weighted by Gasteiger charge is 2.44. The summed E-state index contributed by atoms with van der Waals surface area (Å²) in [5.41, 5.74) is 3.53. The number of fused-ring (bicyclic) bond motifs is 3. The van der Waals surface area contributed by atoms with Gasteiger partial charge in [0.05, 0.1) is 5.41 Å². The van der Waals surface area contributed by atoms with Crippen molar-refractivity contribution in [2.45, 2.75) is 25.2 Å². The number of carboxylic acid groups (broad SMARTS) is 1. The average molecular weight is 461 g/mol. The van der Waals surface area contributed by atoms with Gasteiger partial charge in [-0.3, -0.25) is 20.0 Å². The van der Waals surface area contributed by atoms with Gasteiger partial charge in [-0.15, -0.1) is 5.10 Å². The van der Waals surface area contributed by atoms with Crippen LogP contribution in [0.15, 0.2) is 48.5 Å².